The van der Waals surface area contributed by atoms with Crippen LogP contribution in [-0.2, 0) is 0 Å². The maximum absolute atomic E-state index is 14.0. The maximum Gasteiger partial charge on any atom is 0.257 e. The quantitative estimate of drug-likeness (QED) is 0.923. The van der Waals surface area contributed by atoms with Crippen LogP contribution in [0.25, 0.3) is 0 Å². The van der Waals surface area contributed by atoms with Crippen molar-refractivity contribution in [1.82, 2.24) is 4.90 Å². The second kappa shape index (κ2) is 7.47. The number of nitrogens with two attached hydrogens (primary N) is 1. The number of piperidine rings is 1. The molecule has 21 heavy (non-hydrogen) atoms. The SMILES string of the molecule is COc1cc(F)c(C(=O)N2CCCC(N)C2)cc1OC.Cl. The minimum Gasteiger partial charge on any atom is -0.493 e. The van der Waals surface area contributed by atoms with E-state index in [4.69, 9.17) is 15.2 Å². The highest BCUT2D eigenvalue weighted by Gasteiger charge is 2.25. The van der Waals surface area contributed by atoms with Gasteiger partial charge in [0.05, 0.1) is 19.8 Å². The number of hydrogen-bond donors (Lipinski definition) is 1. The molecular weight excluding hydrogens is 299 g/mol. The number of methoxy groups -OCH3 is 2. The first kappa shape index (κ1) is 17.5. The number of carbonyl (C=O) groups is 1. The first-order valence-corrected chi connectivity index (χ1v) is 6.53. The van der Waals surface area contributed by atoms with E-state index in [1.165, 1.54) is 20.3 Å². The molecule has 2 N–H and O–H groups in total. The third-order valence-electron chi connectivity index (χ3n) is 3.45. The predicted molar refractivity (Wildman–Crippen MR) is 79.9 cm³/mol. The van der Waals surface area contributed by atoms with E-state index in [9.17, 15) is 9.18 Å². The first-order chi connectivity index (χ1) is 9.56. The van der Waals surface area contributed by atoms with Crippen molar-refractivity contribution >= 4 is 18.3 Å². The molecule has 0 saturated carbocycles. The fourth-order valence-electron chi connectivity index (χ4n) is 2.38. The summed E-state index contributed by atoms with van der Waals surface area (Å²) in [6, 6.07) is 2.49. The molecule has 7 heteroatoms. The van der Waals surface area contributed by atoms with Crippen molar-refractivity contribution in [3.63, 3.8) is 0 Å². The van der Waals surface area contributed by atoms with E-state index >= 15 is 0 Å². The zero-order chi connectivity index (χ0) is 14.7. The minimum absolute atomic E-state index is 0. The van der Waals surface area contributed by atoms with E-state index in [0.717, 1.165) is 18.9 Å². The Bertz CT molecular complexity index is 513. The van der Waals surface area contributed by atoms with Crippen molar-refractivity contribution in [3.8, 4) is 11.5 Å². The van der Waals surface area contributed by atoms with E-state index < -0.39 is 5.82 Å². The van der Waals surface area contributed by atoms with Crippen LogP contribution in [0.3, 0.4) is 0 Å². The van der Waals surface area contributed by atoms with Crippen LogP contribution in [-0.4, -0.2) is 44.2 Å². The molecule has 1 aromatic rings. The molecule has 1 aromatic carbocycles. The van der Waals surface area contributed by atoms with Gasteiger partial charge in [-0.2, -0.15) is 0 Å². The largest absolute Gasteiger partial charge is 0.493 e. The van der Waals surface area contributed by atoms with Crippen molar-refractivity contribution in [2.45, 2.75) is 18.9 Å². The fraction of sp³-hybridized carbons (Fsp3) is 0.500. The molecule has 1 amide bonds. The molecule has 1 saturated heterocycles. The van der Waals surface area contributed by atoms with Gasteiger partial charge < -0.3 is 20.1 Å². The second-order valence-corrected chi connectivity index (χ2v) is 4.84. The van der Waals surface area contributed by atoms with Gasteiger partial charge in [0.1, 0.15) is 5.82 Å². The van der Waals surface area contributed by atoms with Gasteiger partial charge in [-0.15, -0.1) is 12.4 Å². The highest BCUT2D eigenvalue weighted by molar-refractivity contribution is 5.95. The number of nitrogens with zero attached hydrogens (tertiary/aromatic N) is 1. The van der Waals surface area contributed by atoms with Crippen molar-refractivity contribution in [1.29, 1.82) is 0 Å². The van der Waals surface area contributed by atoms with Gasteiger partial charge in [-0.3, -0.25) is 4.79 Å². The first-order valence-electron chi connectivity index (χ1n) is 6.53. The summed E-state index contributed by atoms with van der Waals surface area (Å²) in [6.07, 6.45) is 1.72. The summed E-state index contributed by atoms with van der Waals surface area (Å²) >= 11 is 0. The number of ether oxygens (including phenoxy) is 2. The fourth-order valence-corrected chi connectivity index (χ4v) is 2.38. The Hall–Kier alpha value is -1.53. The molecule has 118 valence electrons. The van der Waals surface area contributed by atoms with Gasteiger partial charge in [0.15, 0.2) is 11.5 Å². The number of halogens is 2. The van der Waals surface area contributed by atoms with Crippen LogP contribution in [0.5, 0.6) is 11.5 Å². The highest BCUT2D eigenvalue weighted by atomic mass is 35.5. The molecule has 1 aliphatic heterocycles. The Morgan fingerprint density at radius 1 is 1.33 bits per heavy atom. The monoisotopic (exact) mass is 318 g/mol. The topological polar surface area (TPSA) is 64.8 Å². The van der Waals surface area contributed by atoms with Crippen LogP contribution in [0.2, 0.25) is 0 Å². The van der Waals surface area contributed by atoms with Crippen LogP contribution >= 0.6 is 12.4 Å². The van der Waals surface area contributed by atoms with Gasteiger partial charge in [-0.25, -0.2) is 4.39 Å². The van der Waals surface area contributed by atoms with Crippen LogP contribution < -0.4 is 15.2 Å². The molecule has 5 nitrogen and oxygen atoms in total. The minimum atomic E-state index is -0.619. The third-order valence-corrected chi connectivity index (χ3v) is 3.45. The summed E-state index contributed by atoms with van der Waals surface area (Å²) in [7, 11) is 2.86. The van der Waals surface area contributed by atoms with Crippen LogP contribution in [0.4, 0.5) is 4.39 Å². The van der Waals surface area contributed by atoms with Crippen molar-refractivity contribution in [2.75, 3.05) is 27.3 Å². The number of rotatable bonds is 3. The number of hydrogen-bond acceptors (Lipinski definition) is 4. The second-order valence-electron chi connectivity index (χ2n) is 4.84. The molecule has 1 fully saturated rings. The number of benzene rings is 1. The Kier molecular flexibility index (Phi) is 6.23. The van der Waals surface area contributed by atoms with E-state index in [1.807, 2.05) is 0 Å². The Balaban J connectivity index is 0.00000220. The average Bonchev–Trinajstić information content (AvgIpc) is 2.46. The summed E-state index contributed by atoms with van der Waals surface area (Å²) in [6.45, 7) is 1.05. The maximum atomic E-state index is 14.0. The molecule has 0 aliphatic carbocycles. The number of carbonyl (C=O) groups excluding carboxylic acids is 1. The molecule has 0 radical (unpaired) electrons. The predicted octanol–water partition coefficient (Wildman–Crippen LogP) is 1.83. The highest BCUT2D eigenvalue weighted by Crippen LogP contribution is 2.30. The molecule has 1 aliphatic rings. The van der Waals surface area contributed by atoms with Gasteiger partial charge in [0.2, 0.25) is 0 Å². The lowest BCUT2D eigenvalue weighted by Crippen LogP contribution is -2.45. The van der Waals surface area contributed by atoms with Gasteiger partial charge >= 0.3 is 0 Å². The number of amides is 1. The Morgan fingerprint density at radius 3 is 2.52 bits per heavy atom. The van der Waals surface area contributed by atoms with Gasteiger partial charge in [0.25, 0.3) is 5.91 Å². The molecule has 0 bridgehead atoms. The molecule has 1 unspecified atom stereocenters. The zero-order valence-corrected chi connectivity index (χ0v) is 12.9. The smallest absolute Gasteiger partial charge is 0.257 e. The summed E-state index contributed by atoms with van der Waals surface area (Å²) in [5.74, 6) is -0.388. The molecular formula is C14H20ClFN2O3. The number of likely N-dealkylation sites (tertiary alicyclic amines) is 1. The van der Waals surface area contributed by atoms with Crippen molar-refractivity contribution in [3.05, 3.63) is 23.5 Å². The molecule has 0 spiro atoms. The summed E-state index contributed by atoms with van der Waals surface area (Å²) in [4.78, 5) is 13.9. The average molecular weight is 319 g/mol. The zero-order valence-electron chi connectivity index (χ0n) is 12.1. The lowest BCUT2D eigenvalue weighted by atomic mass is 10.0. The lowest BCUT2D eigenvalue weighted by molar-refractivity contribution is 0.0703. The van der Waals surface area contributed by atoms with Crippen molar-refractivity contribution in [2.24, 2.45) is 5.73 Å². The van der Waals surface area contributed by atoms with E-state index in [2.05, 4.69) is 0 Å². The molecule has 2 rings (SSSR count). The summed E-state index contributed by atoms with van der Waals surface area (Å²) in [5, 5.41) is 0. The van der Waals surface area contributed by atoms with Crippen LogP contribution in [0.1, 0.15) is 23.2 Å². The lowest BCUT2D eigenvalue weighted by Gasteiger charge is -2.31. The standard InChI is InChI=1S/C14H19FN2O3.ClH/c1-19-12-6-10(11(15)7-13(12)20-2)14(18)17-5-3-4-9(16)8-17;/h6-7,9H,3-5,8,16H2,1-2H3;1H. The Morgan fingerprint density at radius 2 is 1.95 bits per heavy atom. The Labute approximate surface area is 129 Å². The molecule has 0 aromatic heterocycles. The van der Waals surface area contributed by atoms with Crippen LogP contribution in [0.15, 0.2) is 12.1 Å². The van der Waals surface area contributed by atoms with E-state index in [-0.39, 0.29) is 35.7 Å². The third kappa shape index (κ3) is 3.77. The van der Waals surface area contributed by atoms with Gasteiger partial charge in [-0.1, -0.05) is 0 Å². The van der Waals surface area contributed by atoms with Crippen molar-refractivity contribution < 1.29 is 18.7 Å². The van der Waals surface area contributed by atoms with E-state index in [1.54, 1.807) is 4.90 Å². The molecule has 1 heterocycles. The molecule has 1 atom stereocenters. The summed E-state index contributed by atoms with van der Waals surface area (Å²) in [5.41, 5.74) is 5.83. The van der Waals surface area contributed by atoms with Gasteiger partial charge in [0, 0.05) is 25.2 Å². The van der Waals surface area contributed by atoms with Gasteiger partial charge in [-0.05, 0) is 18.9 Å². The van der Waals surface area contributed by atoms with E-state index in [0.29, 0.717) is 18.8 Å². The summed E-state index contributed by atoms with van der Waals surface area (Å²) < 4.78 is 24.1. The van der Waals surface area contributed by atoms with Crippen LogP contribution in [0, 0.1) is 5.82 Å². The normalized spacial score (nSPS) is 17.9.